The summed E-state index contributed by atoms with van der Waals surface area (Å²) in [6, 6.07) is 1.88. The lowest BCUT2D eigenvalue weighted by molar-refractivity contribution is -0.131. The number of hydrogen-bond acceptors (Lipinski definition) is 5. The van der Waals surface area contributed by atoms with E-state index < -0.39 is 0 Å². The Morgan fingerprint density at radius 3 is 3.04 bits per heavy atom. The van der Waals surface area contributed by atoms with Gasteiger partial charge in [-0.1, -0.05) is 0 Å². The van der Waals surface area contributed by atoms with Crippen LogP contribution in [0.5, 0.6) is 0 Å². The lowest BCUT2D eigenvalue weighted by atomic mass is 10.2. The van der Waals surface area contributed by atoms with Gasteiger partial charge in [0.15, 0.2) is 0 Å². The van der Waals surface area contributed by atoms with Crippen LogP contribution in [-0.2, 0) is 24.3 Å². The van der Waals surface area contributed by atoms with Gasteiger partial charge in [-0.15, -0.1) is 11.3 Å². The van der Waals surface area contributed by atoms with Gasteiger partial charge in [0.2, 0.25) is 5.91 Å². The second kappa shape index (κ2) is 6.79. The first-order valence-electron chi connectivity index (χ1n) is 8.43. The van der Waals surface area contributed by atoms with E-state index in [2.05, 4.69) is 9.97 Å². The number of carbonyl (C=O) groups excluding carboxylic acids is 1. The molecule has 4 rings (SSSR count). The summed E-state index contributed by atoms with van der Waals surface area (Å²) < 4.78 is 4.41. The second-order valence-electron chi connectivity index (χ2n) is 6.15. The summed E-state index contributed by atoms with van der Waals surface area (Å²) in [5.74, 6) is 0.924. The molecule has 0 N–H and O–H groups in total. The molecule has 1 aliphatic heterocycles. The molecule has 0 unspecified atom stereocenters. The summed E-state index contributed by atoms with van der Waals surface area (Å²) in [4.78, 5) is 35.6. The van der Waals surface area contributed by atoms with Gasteiger partial charge in [-0.3, -0.25) is 14.2 Å². The van der Waals surface area contributed by atoms with Crippen molar-refractivity contribution >= 4 is 27.5 Å². The lowest BCUT2D eigenvalue weighted by Gasteiger charge is -2.19. The van der Waals surface area contributed by atoms with E-state index >= 15 is 0 Å². The van der Waals surface area contributed by atoms with Crippen LogP contribution in [0.3, 0.4) is 0 Å². The molecule has 0 aromatic carbocycles. The van der Waals surface area contributed by atoms with Gasteiger partial charge in [0.1, 0.15) is 10.5 Å². The highest BCUT2D eigenvalue weighted by Gasteiger charge is 2.21. The number of thiophene rings is 1. The van der Waals surface area contributed by atoms with Crippen molar-refractivity contribution in [3.8, 4) is 0 Å². The Kier molecular flexibility index (Phi) is 4.35. The first-order chi connectivity index (χ1) is 12.2. The Morgan fingerprint density at radius 2 is 2.20 bits per heavy atom. The molecule has 1 aliphatic rings. The minimum absolute atomic E-state index is 0.0180. The molecule has 0 atom stereocenters. The number of rotatable bonds is 4. The third kappa shape index (κ3) is 3.21. The Balaban J connectivity index is 1.42. The quantitative estimate of drug-likeness (QED) is 0.710. The molecule has 1 amide bonds. The summed E-state index contributed by atoms with van der Waals surface area (Å²) in [5.41, 5.74) is 0.783. The molecule has 0 fully saturated rings. The Morgan fingerprint density at radius 1 is 1.28 bits per heavy atom. The number of amides is 1. The van der Waals surface area contributed by atoms with Gasteiger partial charge in [-0.05, 0) is 17.9 Å². The van der Waals surface area contributed by atoms with Gasteiger partial charge >= 0.3 is 0 Å². The highest BCUT2D eigenvalue weighted by atomic mass is 32.1. The molecular formula is C17H19N5O2S. The normalized spacial score (nSPS) is 14.5. The van der Waals surface area contributed by atoms with E-state index in [1.807, 2.05) is 27.1 Å². The number of nitrogens with zero attached hydrogens (tertiary/aromatic N) is 5. The monoisotopic (exact) mass is 357 g/mol. The van der Waals surface area contributed by atoms with Crippen molar-refractivity contribution in [2.45, 2.75) is 32.4 Å². The largest absolute Gasteiger partial charge is 0.340 e. The SMILES string of the molecule is O=C(CCCn1ccnc1)N1CCc2nc3ccsc3c(=O)n2CC1. The van der Waals surface area contributed by atoms with Crippen LogP contribution >= 0.6 is 11.3 Å². The second-order valence-corrected chi connectivity index (χ2v) is 7.07. The number of aryl methyl sites for hydroxylation is 1. The lowest BCUT2D eigenvalue weighted by Crippen LogP contribution is -2.34. The van der Waals surface area contributed by atoms with Crippen LogP contribution < -0.4 is 5.56 Å². The fraction of sp³-hybridized carbons (Fsp3) is 0.412. The van der Waals surface area contributed by atoms with E-state index in [1.54, 1.807) is 17.1 Å². The van der Waals surface area contributed by atoms with Crippen LogP contribution in [0.4, 0.5) is 0 Å². The minimum atomic E-state index is 0.0180. The maximum atomic E-state index is 12.6. The Labute approximate surface area is 148 Å². The zero-order valence-electron chi connectivity index (χ0n) is 13.8. The molecule has 0 saturated heterocycles. The Bertz CT molecular complexity index is 944. The van der Waals surface area contributed by atoms with Crippen molar-refractivity contribution in [2.24, 2.45) is 0 Å². The van der Waals surface area contributed by atoms with E-state index in [4.69, 9.17) is 0 Å². The number of aromatic nitrogens is 4. The van der Waals surface area contributed by atoms with Crippen LogP contribution in [0.15, 0.2) is 35.0 Å². The highest BCUT2D eigenvalue weighted by Crippen LogP contribution is 2.17. The van der Waals surface area contributed by atoms with E-state index in [0.717, 1.165) is 24.3 Å². The summed E-state index contributed by atoms with van der Waals surface area (Å²) in [6.07, 6.45) is 7.31. The molecule has 3 aromatic heterocycles. The van der Waals surface area contributed by atoms with E-state index in [-0.39, 0.29) is 11.5 Å². The third-order valence-electron chi connectivity index (χ3n) is 4.56. The summed E-state index contributed by atoms with van der Waals surface area (Å²) in [7, 11) is 0. The van der Waals surface area contributed by atoms with Crippen molar-refractivity contribution < 1.29 is 4.79 Å². The molecule has 25 heavy (non-hydrogen) atoms. The van der Waals surface area contributed by atoms with Crippen molar-refractivity contribution in [1.82, 2.24) is 24.0 Å². The standard InChI is InChI=1S/C17H19N5O2S/c23-15(2-1-6-20-8-5-18-12-20)21-7-3-14-19-13-4-11-25-16(13)17(24)22(14)10-9-21/h4-5,8,11-12H,1-3,6-7,9-10H2. The predicted octanol–water partition coefficient (Wildman–Crippen LogP) is 1.52. The topological polar surface area (TPSA) is 73.0 Å². The molecule has 3 aromatic rings. The molecule has 0 bridgehead atoms. The fourth-order valence-electron chi connectivity index (χ4n) is 3.22. The Hall–Kier alpha value is -2.48. The predicted molar refractivity (Wildman–Crippen MR) is 95.6 cm³/mol. The number of imidazole rings is 1. The number of hydrogen-bond donors (Lipinski definition) is 0. The van der Waals surface area contributed by atoms with Gasteiger partial charge in [0.25, 0.3) is 5.56 Å². The van der Waals surface area contributed by atoms with E-state index in [0.29, 0.717) is 37.2 Å². The van der Waals surface area contributed by atoms with Crippen LogP contribution in [-0.4, -0.2) is 43.0 Å². The van der Waals surface area contributed by atoms with Crippen molar-refractivity contribution in [2.75, 3.05) is 13.1 Å². The van der Waals surface area contributed by atoms with Crippen LogP contribution in [0.2, 0.25) is 0 Å². The molecule has 0 spiro atoms. The molecule has 8 heteroatoms. The van der Waals surface area contributed by atoms with Crippen LogP contribution in [0.1, 0.15) is 18.7 Å². The van der Waals surface area contributed by atoms with E-state index in [1.165, 1.54) is 11.3 Å². The average molecular weight is 357 g/mol. The van der Waals surface area contributed by atoms with E-state index in [9.17, 15) is 9.59 Å². The first-order valence-corrected chi connectivity index (χ1v) is 9.31. The van der Waals surface area contributed by atoms with Gasteiger partial charge in [0.05, 0.1) is 11.8 Å². The van der Waals surface area contributed by atoms with Gasteiger partial charge in [-0.2, -0.15) is 0 Å². The number of carbonyl (C=O) groups is 1. The zero-order valence-corrected chi connectivity index (χ0v) is 14.6. The van der Waals surface area contributed by atoms with Crippen molar-refractivity contribution in [3.63, 3.8) is 0 Å². The molecule has 130 valence electrons. The first kappa shape index (κ1) is 16.0. The zero-order chi connectivity index (χ0) is 17.2. The fourth-order valence-corrected chi connectivity index (χ4v) is 4.00. The average Bonchev–Trinajstić information content (AvgIpc) is 3.24. The van der Waals surface area contributed by atoms with Crippen LogP contribution in [0, 0.1) is 0 Å². The summed E-state index contributed by atoms with van der Waals surface area (Å²) in [5, 5.41) is 1.90. The smallest absolute Gasteiger partial charge is 0.271 e. The molecule has 0 radical (unpaired) electrons. The van der Waals surface area contributed by atoms with Crippen molar-refractivity contribution in [3.05, 3.63) is 46.3 Å². The molecular weight excluding hydrogens is 338 g/mol. The maximum Gasteiger partial charge on any atom is 0.271 e. The van der Waals surface area contributed by atoms with Gasteiger partial charge in [0, 0.05) is 51.4 Å². The summed E-state index contributed by atoms with van der Waals surface area (Å²) in [6.45, 7) is 2.49. The maximum absolute atomic E-state index is 12.6. The summed E-state index contributed by atoms with van der Waals surface area (Å²) >= 11 is 1.43. The molecule has 0 saturated carbocycles. The van der Waals surface area contributed by atoms with Crippen LogP contribution in [0.25, 0.3) is 10.2 Å². The number of fused-ring (bicyclic) bond motifs is 2. The van der Waals surface area contributed by atoms with Gasteiger partial charge in [-0.25, -0.2) is 9.97 Å². The van der Waals surface area contributed by atoms with Gasteiger partial charge < -0.3 is 9.47 Å². The third-order valence-corrected chi connectivity index (χ3v) is 5.45. The minimum Gasteiger partial charge on any atom is -0.340 e. The molecule has 4 heterocycles. The highest BCUT2D eigenvalue weighted by molar-refractivity contribution is 7.17. The molecule has 7 nitrogen and oxygen atoms in total. The van der Waals surface area contributed by atoms with Crippen molar-refractivity contribution in [1.29, 1.82) is 0 Å². The molecule has 0 aliphatic carbocycles.